The van der Waals surface area contributed by atoms with Crippen LogP contribution in [-0.4, -0.2) is 26.6 Å². The van der Waals surface area contributed by atoms with E-state index in [2.05, 4.69) is 10.3 Å². The van der Waals surface area contributed by atoms with E-state index in [1.54, 1.807) is 18.2 Å². The lowest BCUT2D eigenvalue weighted by Gasteiger charge is -2.10. The van der Waals surface area contributed by atoms with E-state index in [1.165, 1.54) is 24.3 Å². The molecule has 2 aromatic rings. The molecule has 3 rings (SSSR count). The predicted octanol–water partition coefficient (Wildman–Crippen LogP) is 3.05. The Morgan fingerprint density at radius 2 is 1.86 bits per heavy atom. The van der Waals surface area contributed by atoms with Crippen LogP contribution in [0.3, 0.4) is 0 Å². The lowest BCUT2D eigenvalue weighted by Crippen LogP contribution is -2.26. The first-order valence-electron chi connectivity index (χ1n) is 7.97. The molecule has 2 amide bonds. The third kappa shape index (κ3) is 4.63. The molecule has 1 fully saturated rings. The maximum Gasteiger partial charge on any atom is 0.441 e. The molecule has 1 N–H and O–H groups in total. The van der Waals surface area contributed by atoms with E-state index in [0.29, 0.717) is 0 Å². The number of carbonyl (C=O) groups excluding carboxylic acids is 2. The number of halogens is 3. The van der Waals surface area contributed by atoms with Gasteiger partial charge in [0, 0.05) is 0 Å². The number of nitrogens with one attached hydrogen (secondary N) is 1. The normalized spacial score (nSPS) is 20.8. The minimum Gasteiger partial charge on any atom is -0.409 e. The van der Waals surface area contributed by atoms with Gasteiger partial charge in [0.25, 0.3) is 0 Å². The van der Waals surface area contributed by atoms with Crippen LogP contribution in [0.2, 0.25) is 0 Å². The first kappa shape index (κ1) is 19.7. The number of nitrogens with zero attached hydrogens (tertiary/aromatic N) is 1. The fraction of sp³-hybridized carbons (Fsp3) is 0.167. The van der Waals surface area contributed by atoms with Crippen LogP contribution >= 0.6 is 0 Å². The lowest BCUT2D eigenvalue weighted by atomic mass is 10.1. The Bertz CT molecular complexity index is 961. The van der Waals surface area contributed by atoms with Gasteiger partial charge in [-0.2, -0.15) is 13.2 Å². The van der Waals surface area contributed by atoms with E-state index >= 15 is 0 Å². The fourth-order valence-corrected chi connectivity index (χ4v) is 3.73. The standard InChI is InChI=1S/C18H13F3N2O4S/c19-18(20,21)12-6-4-5-11(9-12)10-14-15(24)22-16(28(14)26)23-17(25)27-13-7-2-1-3-8-13/h1-9,14H,10H2,(H,22,23,24,25). The monoisotopic (exact) mass is 410 g/mol. The van der Waals surface area contributed by atoms with Crippen molar-refractivity contribution in [2.75, 3.05) is 0 Å². The van der Waals surface area contributed by atoms with E-state index in [-0.39, 0.29) is 22.9 Å². The van der Waals surface area contributed by atoms with E-state index in [9.17, 15) is 27.0 Å². The third-order valence-electron chi connectivity index (χ3n) is 3.79. The summed E-state index contributed by atoms with van der Waals surface area (Å²) in [5.74, 6) is -0.477. The van der Waals surface area contributed by atoms with Gasteiger partial charge in [-0.15, -0.1) is 4.99 Å². The number of amidine groups is 1. The number of hydrogen-bond donors (Lipinski definition) is 1. The van der Waals surface area contributed by atoms with Crippen LogP contribution in [0.25, 0.3) is 0 Å². The Morgan fingerprint density at radius 1 is 1.14 bits per heavy atom. The summed E-state index contributed by atoms with van der Waals surface area (Å²) in [7, 11) is -2.03. The fourth-order valence-electron chi connectivity index (χ4n) is 2.49. The Morgan fingerprint density at radius 3 is 2.54 bits per heavy atom. The summed E-state index contributed by atoms with van der Waals surface area (Å²) in [6, 6.07) is 12.4. The average Bonchev–Trinajstić information content (AvgIpc) is 2.89. The Hall–Kier alpha value is -3.01. The summed E-state index contributed by atoms with van der Waals surface area (Å²) >= 11 is 0. The van der Waals surface area contributed by atoms with Crippen molar-refractivity contribution in [3.63, 3.8) is 0 Å². The molecule has 1 saturated heterocycles. The summed E-state index contributed by atoms with van der Waals surface area (Å²) in [4.78, 5) is 27.4. The smallest absolute Gasteiger partial charge is 0.409 e. The molecule has 2 aromatic carbocycles. The predicted molar refractivity (Wildman–Crippen MR) is 95.1 cm³/mol. The molecule has 6 nitrogen and oxygen atoms in total. The highest BCUT2D eigenvalue weighted by Crippen LogP contribution is 2.30. The maximum absolute atomic E-state index is 12.8. The Kier molecular flexibility index (Phi) is 5.59. The van der Waals surface area contributed by atoms with Gasteiger partial charge in [0.2, 0.25) is 11.1 Å². The van der Waals surface area contributed by atoms with E-state index in [0.717, 1.165) is 12.1 Å². The van der Waals surface area contributed by atoms with Crippen molar-refractivity contribution in [2.24, 2.45) is 4.99 Å². The molecular weight excluding hydrogens is 397 g/mol. The summed E-state index contributed by atoms with van der Waals surface area (Å²) < 4.78 is 55.8. The van der Waals surface area contributed by atoms with Gasteiger partial charge in [0.15, 0.2) is 0 Å². The van der Waals surface area contributed by atoms with Crippen LogP contribution in [-0.2, 0) is 28.2 Å². The minimum atomic E-state index is -4.53. The number of hydrogen-bond acceptors (Lipinski definition) is 4. The molecule has 1 aliphatic heterocycles. The quantitative estimate of drug-likeness (QED) is 0.843. The number of para-hydroxylation sites is 1. The number of amides is 2. The van der Waals surface area contributed by atoms with Gasteiger partial charge in [-0.05, 0) is 30.2 Å². The Labute approximate surface area is 159 Å². The molecule has 1 aliphatic rings. The molecule has 0 aliphatic carbocycles. The van der Waals surface area contributed by atoms with E-state index < -0.39 is 39.8 Å². The lowest BCUT2D eigenvalue weighted by molar-refractivity contribution is -0.137. The molecule has 0 spiro atoms. The van der Waals surface area contributed by atoms with Gasteiger partial charge in [-0.1, -0.05) is 36.4 Å². The van der Waals surface area contributed by atoms with Crippen molar-refractivity contribution in [1.82, 2.24) is 5.32 Å². The summed E-state index contributed by atoms with van der Waals surface area (Å²) in [5.41, 5.74) is -0.675. The average molecular weight is 410 g/mol. The number of carbonyl (C=O) groups is 2. The second-order valence-corrected chi connectivity index (χ2v) is 7.33. The molecule has 2 atom stereocenters. The molecule has 1 heterocycles. The van der Waals surface area contributed by atoms with Crippen LogP contribution < -0.4 is 10.1 Å². The van der Waals surface area contributed by atoms with Gasteiger partial charge in [-0.25, -0.2) is 4.79 Å². The summed E-state index contributed by atoms with van der Waals surface area (Å²) in [6.45, 7) is 0. The van der Waals surface area contributed by atoms with Crippen molar-refractivity contribution in [2.45, 2.75) is 17.8 Å². The van der Waals surface area contributed by atoms with Crippen molar-refractivity contribution in [3.05, 3.63) is 65.7 Å². The van der Waals surface area contributed by atoms with Crippen LogP contribution in [0.15, 0.2) is 59.6 Å². The number of rotatable bonds is 3. The molecule has 0 radical (unpaired) electrons. The van der Waals surface area contributed by atoms with Crippen LogP contribution in [0.1, 0.15) is 11.1 Å². The first-order valence-corrected chi connectivity index (χ1v) is 9.18. The zero-order valence-corrected chi connectivity index (χ0v) is 14.9. The molecule has 2 unspecified atom stereocenters. The second-order valence-electron chi connectivity index (χ2n) is 5.78. The van der Waals surface area contributed by atoms with Crippen molar-refractivity contribution >= 4 is 28.0 Å². The topological polar surface area (TPSA) is 84.8 Å². The van der Waals surface area contributed by atoms with Crippen LogP contribution in [0, 0.1) is 0 Å². The Balaban J connectivity index is 1.72. The number of benzene rings is 2. The highest BCUT2D eigenvalue weighted by atomic mass is 32.2. The zero-order chi connectivity index (χ0) is 20.3. The van der Waals surface area contributed by atoms with E-state index in [1.807, 2.05) is 0 Å². The largest absolute Gasteiger partial charge is 0.441 e. The van der Waals surface area contributed by atoms with E-state index in [4.69, 9.17) is 4.74 Å². The second kappa shape index (κ2) is 7.93. The zero-order valence-electron chi connectivity index (χ0n) is 14.1. The van der Waals surface area contributed by atoms with Gasteiger partial charge >= 0.3 is 12.3 Å². The highest BCUT2D eigenvalue weighted by Gasteiger charge is 2.38. The van der Waals surface area contributed by atoms with Crippen LogP contribution in [0.5, 0.6) is 5.75 Å². The van der Waals surface area contributed by atoms with Crippen molar-refractivity contribution < 1.29 is 31.7 Å². The molecule has 0 aromatic heterocycles. The highest BCUT2D eigenvalue weighted by molar-refractivity contribution is 8.02. The molecular formula is C18H13F3N2O4S. The molecule has 0 bridgehead atoms. The summed E-state index contributed by atoms with van der Waals surface area (Å²) in [6.07, 6.45) is -5.80. The number of aliphatic imine (C=N–C) groups is 1. The van der Waals surface area contributed by atoms with Gasteiger partial charge in [0.1, 0.15) is 21.8 Å². The molecule has 146 valence electrons. The first-order chi connectivity index (χ1) is 13.2. The number of alkyl halides is 3. The SMILES string of the molecule is O=C(N=C1NC(=O)C(Cc2cccc(C(F)(F)F)c2)S1=O)Oc1ccccc1. The molecule has 10 heteroatoms. The number of ether oxygens (including phenoxy) is 1. The maximum atomic E-state index is 12.8. The molecule has 0 saturated carbocycles. The van der Waals surface area contributed by atoms with Crippen molar-refractivity contribution in [1.29, 1.82) is 0 Å². The van der Waals surface area contributed by atoms with Crippen molar-refractivity contribution in [3.8, 4) is 5.75 Å². The molecule has 28 heavy (non-hydrogen) atoms. The summed E-state index contributed by atoms with van der Waals surface area (Å²) in [5, 5.41) is 0.677. The third-order valence-corrected chi connectivity index (χ3v) is 5.26. The van der Waals surface area contributed by atoms with Gasteiger partial charge in [0.05, 0.1) is 5.56 Å². The van der Waals surface area contributed by atoms with Gasteiger partial charge in [-0.3, -0.25) is 9.00 Å². The van der Waals surface area contributed by atoms with Crippen LogP contribution in [0.4, 0.5) is 18.0 Å². The minimum absolute atomic E-state index is 0.191. The van der Waals surface area contributed by atoms with Gasteiger partial charge < -0.3 is 10.1 Å².